The lowest BCUT2D eigenvalue weighted by molar-refractivity contribution is -0.140. The molecule has 3 nitrogen and oxygen atoms in total. The van der Waals surface area contributed by atoms with Gasteiger partial charge >= 0.3 is 0 Å². The summed E-state index contributed by atoms with van der Waals surface area (Å²) in [6.07, 6.45) is 5.93. The molecule has 3 heteroatoms. The van der Waals surface area contributed by atoms with Gasteiger partial charge in [0.05, 0.1) is 6.04 Å². The van der Waals surface area contributed by atoms with Crippen LogP contribution in [0.2, 0.25) is 0 Å². The predicted molar refractivity (Wildman–Crippen MR) is 51.4 cm³/mol. The van der Waals surface area contributed by atoms with Crippen molar-refractivity contribution < 1.29 is 4.79 Å². The summed E-state index contributed by atoms with van der Waals surface area (Å²) in [5.41, 5.74) is 0. The van der Waals surface area contributed by atoms with Crippen molar-refractivity contribution in [3.8, 4) is 0 Å². The fourth-order valence-corrected chi connectivity index (χ4v) is 2.23. The summed E-state index contributed by atoms with van der Waals surface area (Å²) in [5, 5.41) is 3.10. The molecule has 2 aliphatic rings. The minimum Gasteiger partial charge on any atom is -0.338 e. The number of nitrogens with zero attached hydrogens (tertiary/aromatic N) is 1. The van der Waals surface area contributed by atoms with E-state index in [9.17, 15) is 4.79 Å². The molecule has 1 saturated carbocycles. The van der Waals surface area contributed by atoms with E-state index in [1.54, 1.807) is 0 Å². The van der Waals surface area contributed by atoms with E-state index in [-0.39, 0.29) is 6.04 Å². The van der Waals surface area contributed by atoms with Crippen LogP contribution in [-0.2, 0) is 4.79 Å². The third-order valence-electron chi connectivity index (χ3n) is 3.34. The Morgan fingerprint density at radius 3 is 2.62 bits per heavy atom. The van der Waals surface area contributed by atoms with Gasteiger partial charge in [-0.25, -0.2) is 0 Å². The summed E-state index contributed by atoms with van der Waals surface area (Å²) in [6, 6.07) is 0.665. The highest BCUT2D eigenvalue weighted by Gasteiger charge is 2.34. The van der Waals surface area contributed by atoms with Crippen LogP contribution in [0.1, 0.15) is 32.1 Å². The zero-order chi connectivity index (χ0) is 9.26. The Bertz CT molecular complexity index is 201. The van der Waals surface area contributed by atoms with Gasteiger partial charge in [0.15, 0.2) is 0 Å². The first-order valence-electron chi connectivity index (χ1n) is 5.30. The molecule has 1 saturated heterocycles. The summed E-state index contributed by atoms with van der Waals surface area (Å²) in [5.74, 6) is 0.332. The number of piperidine rings is 1. The topological polar surface area (TPSA) is 32.3 Å². The van der Waals surface area contributed by atoms with Crippen molar-refractivity contribution in [1.29, 1.82) is 0 Å². The number of hydrogen-bond acceptors (Lipinski definition) is 2. The highest BCUT2D eigenvalue weighted by atomic mass is 16.2. The number of hydrogen-bond donors (Lipinski definition) is 1. The maximum atomic E-state index is 11.9. The van der Waals surface area contributed by atoms with Crippen LogP contribution in [0.15, 0.2) is 0 Å². The first kappa shape index (κ1) is 9.00. The smallest absolute Gasteiger partial charge is 0.239 e. The lowest BCUT2D eigenvalue weighted by atomic mass is 9.89. The van der Waals surface area contributed by atoms with Gasteiger partial charge in [0.25, 0.3) is 0 Å². The van der Waals surface area contributed by atoms with Crippen molar-refractivity contribution in [2.24, 2.45) is 0 Å². The van der Waals surface area contributed by atoms with Crippen LogP contribution < -0.4 is 5.32 Å². The Morgan fingerprint density at radius 2 is 2.08 bits per heavy atom. The van der Waals surface area contributed by atoms with E-state index in [2.05, 4.69) is 10.2 Å². The maximum Gasteiger partial charge on any atom is 0.239 e. The first-order valence-corrected chi connectivity index (χ1v) is 5.30. The Morgan fingerprint density at radius 1 is 1.31 bits per heavy atom. The zero-order valence-corrected chi connectivity index (χ0v) is 8.25. The normalized spacial score (nSPS) is 30.4. The molecule has 0 aromatic heterocycles. The van der Waals surface area contributed by atoms with E-state index in [0.717, 1.165) is 19.4 Å². The fourth-order valence-electron chi connectivity index (χ4n) is 2.23. The number of likely N-dealkylation sites (tertiary alicyclic amines) is 1. The number of likely N-dealkylation sites (N-methyl/N-ethyl adjacent to an activating group) is 1. The van der Waals surface area contributed by atoms with Gasteiger partial charge in [0.1, 0.15) is 0 Å². The van der Waals surface area contributed by atoms with Gasteiger partial charge < -0.3 is 10.2 Å². The van der Waals surface area contributed by atoms with Crippen molar-refractivity contribution in [3.05, 3.63) is 0 Å². The summed E-state index contributed by atoms with van der Waals surface area (Å²) in [7, 11) is 1.88. The van der Waals surface area contributed by atoms with E-state index in [4.69, 9.17) is 0 Å². The van der Waals surface area contributed by atoms with Gasteiger partial charge in [-0.2, -0.15) is 0 Å². The summed E-state index contributed by atoms with van der Waals surface area (Å²) < 4.78 is 0. The van der Waals surface area contributed by atoms with Crippen molar-refractivity contribution in [1.82, 2.24) is 10.2 Å². The van der Waals surface area contributed by atoms with Gasteiger partial charge in [-0.15, -0.1) is 0 Å². The Labute approximate surface area is 79.5 Å². The third-order valence-corrected chi connectivity index (χ3v) is 3.34. The first-order chi connectivity index (χ1) is 6.33. The molecule has 13 heavy (non-hydrogen) atoms. The monoisotopic (exact) mass is 182 g/mol. The third kappa shape index (κ3) is 1.57. The van der Waals surface area contributed by atoms with E-state index >= 15 is 0 Å². The standard InChI is InChI=1S/C10H18N2O/c1-11-9-6-3-7-12(10(9)13)8-4-2-5-8/h8-9,11H,2-7H2,1H3. The van der Waals surface area contributed by atoms with Crippen LogP contribution in [0.25, 0.3) is 0 Å². The molecule has 2 fully saturated rings. The molecule has 1 aliphatic carbocycles. The zero-order valence-electron chi connectivity index (χ0n) is 8.25. The van der Waals surface area contributed by atoms with Gasteiger partial charge in [0.2, 0.25) is 5.91 Å². The van der Waals surface area contributed by atoms with Crippen LogP contribution in [0, 0.1) is 0 Å². The Balaban J connectivity index is 1.97. The van der Waals surface area contributed by atoms with Crippen LogP contribution in [0.5, 0.6) is 0 Å². The number of carbonyl (C=O) groups is 1. The van der Waals surface area contributed by atoms with Gasteiger partial charge in [0, 0.05) is 12.6 Å². The second kappa shape index (κ2) is 3.66. The molecule has 2 rings (SSSR count). The average Bonchev–Trinajstić information content (AvgIpc) is 2.05. The predicted octanol–water partition coefficient (Wildman–Crippen LogP) is 0.749. The van der Waals surface area contributed by atoms with E-state index in [1.807, 2.05) is 7.05 Å². The second-order valence-electron chi connectivity index (χ2n) is 4.10. The highest BCUT2D eigenvalue weighted by molar-refractivity contribution is 5.83. The minimum absolute atomic E-state index is 0.0920. The molecule has 1 N–H and O–H groups in total. The molecule has 1 unspecified atom stereocenters. The minimum atomic E-state index is 0.0920. The highest BCUT2D eigenvalue weighted by Crippen LogP contribution is 2.27. The van der Waals surface area contributed by atoms with Crippen LogP contribution in [0.3, 0.4) is 0 Å². The van der Waals surface area contributed by atoms with Gasteiger partial charge in [-0.05, 0) is 39.2 Å². The van der Waals surface area contributed by atoms with Crippen molar-refractivity contribution in [2.75, 3.05) is 13.6 Å². The van der Waals surface area contributed by atoms with Crippen molar-refractivity contribution >= 4 is 5.91 Å². The molecule has 0 bridgehead atoms. The summed E-state index contributed by atoms with van der Waals surface area (Å²) in [6.45, 7) is 0.988. The van der Waals surface area contributed by atoms with E-state index in [0.29, 0.717) is 11.9 Å². The van der Waals surface area contributed by atoms with Crippen LogP contribution in [0.4, 0.5) is 0 Å². The molecule has 0 radical (unpaired) electrons. The molecule has 74 valence electrons. The van der Waals surface area contributed by atoms with E-state index in [1.165, 1.54) is 19.3 Å². The molecule has 1 amide bonds. The lowest BCUT2D eigenvalue weighted by Crippen LogP contribution is -2.55. The number of rotatable bonds is 2. The molecule has 0 aromatic carbocycles. The molecule has 0 spiro atoms. The fraction of sp³-hybridized carbons (Fsp3) is 0.900. The lowest BCUT2D eigenvalue weighted by Gasteiger charge is -2.42. The molecular formula is C10H18N2O. The second-order valence-corrected chi connectivity index (χ2v) is 4.10. The SMILES string of the molecule is CNC1CCCN(C2CCC2)C1=O. The Kier molecular flexibility index (Phi) is 2.54. The number of amides is 1. The molecular weight excluding hydrogens is 164 g/mol. The van der Waals surface area contributed by atoms with E-state index < -0.39 is 0 Å². The largest absolute Gasteiger partial charge is 0.338 e. The quantitative estimate of drug-likeness (QED) is 0.683. The Hall–Kier alpha value is -0.570. The molecule has 1 atom stereocenters. The average molecular weight is 182 g/mol. The maximum absolute atomic E-state index is 11.9. The van der Waals surface area contributed by atoms with Crippen LogP contribution in [-0.4, -0.2) is 36.5 Å². The van der Waals surface area contributed by atoms with Crippen molar-refractivity contribution in [3.63, 3.8) is 0 Å². The summed E-state index contributed by atoms with van der Waals surface area (Å²) in [4.78, 5) is 13.9. The molecule has 1 heterocycles. The van der Waals surface area contributed by atoms with Crippen LogP contribution >= 0.6 is 0 Å². The van der Waals surface area contributed by atoms with Gasteiger partial charge in [-0.1, -0.05) is 0 Å². The van der Waals surface area contributed by atoms with Crippen molar-refractivity contribution in [2.45, 2.75) is 44.2 Å². The molecule has 1 aliphatic heterocycles. The number of carbonyl (C=O) groups excluding carboxylic acids is 1. The molecule has 0 aromatic rings. The number of nitrogens with one attached hydrogen (secondary N) is 1. The summed E-state index contributed by atoms with van der Waals surface area (Å²) >= 11 is 0. The van der Waals surface area contributed by atoms with Gasteiger partial charge in [-0.3, -0.25) is 4.79 Å².